The second kappa shape index (κ2) is 11.0. The number of rotatable bonds is 6. The fourth-order valence-corrected chi connectivity index (χ4v) is 5.57. The third-order valence-electron chi connectivity index (χ3n) is 7.68. The summed E-state index contributed by atoms with van der Waals surface area (Å²) in [4.78, 5) is 0. The van der Waals surface area contributed by atoms with Crippen LogP contribution in [-0.2, 0) is 0 Å². The Balaban J connectivity index is 1.17. The number of benzene rings is 7. The minimum absolute atomic E-state index is 1.06. The smallest absolute Gasteiger partial charge is 0.0384 e. The zero-order chi connectivity index (χ0) is 27.4. The highest BCUT2D eigenvalue weighted by atomic mass is 14.9. The van der Waals surface area contributed by atoms with Crippen LogP contribution >= 0.6 is 0 Å². The third kappa shape index (κ3) is 5.14. The lowest BCUT2D eigenvalue weighted by atomic mass is 9.91. The van der Waals surface area contributed by atoms with Gasteiger partial charge in [-0.3, -0.25) is 0 Å². The van der Waals surface area contributed by atoms with E-state index in [0.717, 1.165) is 11.4 Å². The average molecular weight is 524 g/mol. The molecule has 1 N–H and O–H groups in total. The number of anilines is 2. The maximum atomic E-state index is 3.58. The normalized spacial score (nSPS) is 10.9. The van der Waals surface area contributed by atoms with Crippen molar-refractivity contribution in [2.24, 2.45) is 0 Å². The first-order chi connectivity index (χ1) is 20.3. The van der Waals surface area contributed by atoms with Crippen LogP contribution in [0.15, 0.2) is 170 Å². The molecule has 0 amide bonds. The highest BCUT2D eigenvalue weighted by molar-refractivity contribution is 5.96. The molecule has 0 bridgehead atoms. The van der Waals surface area contributed by atoms with E-state index in [1.54, 1.807) is 0 Å². The largest absolute Gasteiger partial charge is 0.356 e. The van der Waals surface area contributed by atoms with Crippen LogP contribution in [0.4, 0.5) is 11.4 Å². The van der Waals surface area contributed by atoms with Crippen molar-refractivity contribution in [3.05, 3.63) is 170 Å². The number of nitrogens with one attached hydrogen (secondary N) is 1. The Labute approximate surface area is 241 Å². The minimum atomic E-state index is 1.06. The van der Waals surface area contributed by atoms with E-state index in [9.17, 15) is 0 Å². The lowest BCUT2D eigenvalue weighted by Crippen LogP contribution is -1.91. The van der Waals surface area contributed by atoms with Crippen LogP contribution in [-0.4, -0.2) is 0 Å². The number of hydrogen-bond donors (Lipinski definition) is 1. The Morgan fingerprint density at radius 1 is 0.293 bits per heavy atom. The summed E-state index contributed by atoms with van der Waals surface area (Å²) in [7, 11) is 0. The predicted octanol–water partition coefficient (Wildman–Crippen LogP) is 11.3. The number of fused-ring (bicyclic) bond motifs is 1. The maximum Gasteiger partial charge on any atom is 0.0384 e. The quantitative estimate of drug-likeness (QED) is 0.229. The van der Waals surface area contributed by atoms with Crippen LogP contribution < -0.4 is 5.32 Å². The van der Waals surface area contributed by atoms with Crippen molar-refractivity contribution in [2.45, 2.75) is 0 Å². The first kappa shape index (κ1) is 24.6. The summed E-state index contributed by atoms with van der Waals surface area (Å²) in [6.07, 6.45) is 0. The molecule has 7 aromatic rings. The molecule has 7 aromatic carbocycles. The molecule has 0 heterocycles. The van der Waals surface area contributed by atoms with Gasteiger partial charge in [0.2, 0.25) is 0 Å². The summed E-state index contributed by atoms with van der Waals surface area (Å²) in [5, 5.41) is 6.12. The fraction of sp³-hybridized carbons (Fsp3) is 0. The van der Waals surface area contributed by atoms with E-state index in [1.807, 2.05) is 0 Å². The van der Waals surface area contributed by atoms with Gasteiger partial charge in [0.1, 0.15) is 0 Å². The molecule has 0 spiro atoms. The van der Waals surface area contributed by atoms with Gasteiger partial charge < -0.3 is 5.32 Å². The van der Waals surface area contributed by atoms with Crippen LogP contribution in [0.25, 0.3) is 55.3 Å². The zero-order valence-electron chi connectivity index (χ0n) is 22.7. The first-order valence-electron chi connectivity index (χ1n) is 14.0. The summed E-state index contributed by atoms with van der Waals surface area (Å²) in [6, 6.07) is 60.5. The van der Waals surface area contributed by atoms with Crippen LogP contribution in [0.2, 0.25) is 0 Å². The SMILES string of the molecule is c1ccc(-c2ccc(-c3ccccc3)c(-c3ccc(Nc4ccc(-c5cccc6ccccc56)cc4)cc3)c2)cc1. The molecular formula is C40H29N. The van der Waals surface area contributed by atoms with Crippen molar-refractivity contribution in [2.75, 3.05) is 5.32 Å². The molecular weight excluding hydrogens is 494 g/mol. The van der Waals surface area contributed by atoms with Gasteiger partial charge in [-0.2, -0.15) is 0 Å². The second-order valence-corrected chi connectivity index (χ2v) is 10.3. The minimum Gasteiger partial charge on any atom is -0.356 e. The summed E-state index contributed by atoms with van der Waals surface area (Å²) in [6.45, 7) is 0. The molecule has 0 saturated carbocycles. The topological polar surface area (TPSA) is 12.0 Å². The Kier molecular flexibility index (Phi) is 6.61. The molecule has 0 aliphatic carbocycles. The van der Waals surface area contributed by atoms with Crippen LogP contribution in [0.1, 0.15) is 0 Å². The van der Waals surface area contributed by atoms with E-state index in [1.165, 1.54) is 55.3 Å². The van der Waals surface area contributed by atoms with Crippen molar-refractivity contribution in [3.63, 3.8) is 0 Å². The highest BCUT2D eigenvalue weighted by Crippen LogP contribution is 2.37. The predicted molar refractivity (Wildman–Crippen MR) is 175 cm³/mol. The molecule has 0 aromatic heterocycles. The van der Waals surface area contributed by atoms with E-state index < -0.39 is 0 Å². The molecule has 0 radical (unpaired) electrons. The van der Waals surface area contributed by atoms with Gasteiger partial charge >= 0.3 is 0 Å². The Bertz CT molecular complexity index is 1920. The number of hydrogen-bond acceptors (Lipinski definition) is 1. The lowest BCUT2D eigenvalue weighted by Gasteiger charge is -2.14. The molecule has 194 valence electrons. The van der Waals surface area contributed by atoms with Gasteiger partial charge in [-0.25, -0.2) is 0 Å². The molecule has 7 rings (SSSR count). The summed E-state index contributed by atoms with van der Waals surface area (Å²) in [5.74, 6) is 0. The molecule has 0 aliphatic rings. The molecule has 1 nitrogen and oxygen atoms in total. The molecule has 0 atom stereocenters. The van der Waals surface area contributed by atoms with Gasteiger partial charge in [-0.1, -0.05) is 140 Å². The van der Waals surface area contributed by atoms with Crippen molar-refractivity contribution in [1.29, 1.82) is 0 Å². The summed E-state index contributed by atoms with van der Waals surface area (Å²) < 4.78 is 0. The fourth-order valence-electron chi connectivity index (χ4n) is 5.57. The van der Waals surface area contributed by atoms with Crippen molar-refractivity contribution in [3.8, 4) is 44.5 Å². The van der Waals surface area contributed by atoms with E-state index in [4.69, 9.17) is 0 Å². The Morgan fingerprint density at radius 2 is 0.805 bits per heavy atom. The third-order valence-corrected chi connectivity index (χ3v) is 7.68. The van der Waals surface area contributed by atoms with E-state index >= 15 is 0 Å². The highest BCUT2D eigenvalue weighted by Gasteiger charge is 2.10. The van der Waals surface area contributed by atoms with Crippen LogP contribution in [0.3, 0.4) is 0 Å². The second-order valence-electron chi connectivity index (χ2n) is 10.3. The first-order valence-corrected chi connectivity index (χ1v) is 14.0. The zero-order valence-corrected chi connectivity index (χ0v) is 22.7. The van der Waals surface area contributed by atoms with E-state index in [0.29, 0.717) is 0 Å². The molecule has 0 aliphatic heterocycles. The molecule has 0 saturated heterocycles. The van der Waals surface area contributed by atoms with Gasteiger partial charge in [0.15, 0.2) is 0 Å². The van der Waals surface area contributed by atoms with Gasteiger partial charge in [0.25, 0.3) is 0 Å². The molecule has 0 fully saturated rings. The molecule has 1 heteroatoms. The van der Waals surface area contributed by atoms with Crippen molar-refractivity contribution in [1.82, 2.24) is 0 Å². The van der Waals surface area contributed by atoms with Gasteiger partial charge in [-0.05, 0) is 85.6 Å². The van der Waals surface area contributed by atoms with E-state index in [-0.39, 0.29) is 0 Å². The Hall–Kier alpha value is -5.40. The van der Waals surface area contributed by atoms with Gasteiger partial charge in [0, 0.05) is 11.4 Å². The molecule has 41 heavy (non-hydrogen) atoms. The van der Waals surface area contributed by atoms with Gasteiger partial charge in [-0.15, -0.1) is 0 Å². The van der Waals surface area contributed by atoms with E-state index in [2.05, 4.69) is 175 Å². The van der Waals surface area contributed by atoms with Gasteiger partial charge in [0.05, 0.1) is 0 Å². The summed E-state index contributed by atoms with van der Waals surface area (Å²) in [5.41, 5.74) is 11.9. The maximum absolute atomic E-state index is 3.58. The van der Waals surface area contributed by atoms with Crippen LogP contribution in [0.5, 0.6) is 0 Å². The Morgan fingerprint density at radius 3 is 1.49 bits per heavy atom. The monoisotopic (exact) mass is 523 g/mol. The lowest BCUT2D eigenvalue weighted by molar-refractivity contribution is 1.53. The standard InChI is InChI=1S/C40H29N/c1-3-10-29(11-4-1)34-22-27-39(30-12-5-2-6-13-30)40(28-34)33-20-25-36(26-21-33)41-35-23-18-32(19-24-35)38-17-9-15-31-14-7-8-16-37(31)38/h1-28,41H. The molecule has 0 unspecified atom stereocenters. The average Bonchev–Trinajstić information content (AvgIpc) is 3.06. The summed E-state index contributed by atoms with van der Waals surface area (Å²) >= 11 is 0. The van der Waals surface area contributed by atoms with Crippen molar-refractivity contribution >= 4 is 22.1 Å². The van der Waals surface area contributed by atoms with Crippen LogP contribution in [0, 0.1) is 0 Å². The van der Waals surface area contributed by atoms with Crippen molar-refractivity contribution < 1.29 is 0 Å².